The van der Waals surface area contributed by atoms with Gasteiger partial charge in [-0.15, -0.1) is 0 Å². The molecule has 1 aromatic carbocycles. The van der Waals surface area contributed by atoms with E-state index < -0.39 is 10.0 Å². The highest BCUT2D eigenvalue weighted by atomic mass is 35.5. The highest BCUT2D eigenvalue weighted by Gasteiger charge is 2.06. The van der Waals surface area contributed by atoms with Gasteiger partial charge in [0, 0.05) is 5.02 Å². The number of anilines is 1. The smallest absolute Gasteiger partial charge is 0.229 e. The predicted molar refractivity (Wildman–Crippen MR) is 65.9 cm³/mol. The molecule has 0 amide bonds. The Balaban J connectivity index is 3.17. The molecule has 16 heavy (non-hydrogen) atoms. The van der Waals surface area contributed by atoms with Gasteiger partial charge in [0.15, 0.2) is 0 Å². The van der Waals surface area contributed by atoms with Gasteiger partial charge in [0.1, 0.15) is 0 Å². The quantitative estimate of drug-likeness (QED) is 0.778. The van der Waals surface area contributed by atoms with Crippen LogP contribution in [-0.4, -0.2) is 21.2 Å². The standard InChI is InChI=1S/C10H11ClN2O2S/c1-16(14,15)13-10-5-4-9(11)7-8(10)3-2-6-12/h4-5,7,13H,6,12H2,1H3. The van der Waals surface area contributed by atoms with Crippen LogP contribution in [0.4, 0.5) is 5.69 Å². The summed E-state index contributed by atoms with van der Waals surface area (Å²) in [6, 6.07) is 4.73. The molecule has 86 valence electrons. The van der Waals surface area contributed by atoms with E-state index in [4.69, 9.17) is 17.3 Å². The fourth-order valence-electron chi connectivity index (χ4n) is 1.05. The molecule has 0 saturated carbocycles. The Morgan fingerprint density at radius 2 is 2.19 bits per heavy atom. The van der Waals surface area contributed by atoms with Gasteiger partial charge < -0.3 is 5.73 Å². The summed E-state index contributed by atoms with van der Waals surface area (Å²) in [4.78, 5) is 0. The summed E-state index contributed by atoms with van der Waals surface area (Å²) in [6.07, 6.45) is 1.07. The summed E-state index contributed by atoms with van der Waals surface area (Å²) in [5.74, 6) is 5.39. The summed E-state index contributed by atoms with van der Waals surface area (Å²) in [7, 11) is -3.33. The molecule has 0 atom stereocenters. The van der Waals surface area contributed by atoms with Gasteiger partial charge in [-0.3, -0.25) is 4.72 Å². The minimum absolute atomic E-state index is 0.199. The normalized spacial score (nSPS) is 10.4. The number of nitrogens with two attached hydrogens (primary N) is 1. The van der Waals surface area contributed by atoms with Crippen molar-refractivity contribution in [2.24, 2.45) is 5.73 Å². The lowest BCUT2D eigenvalue weighted by atomic mass is 10.2. The molecule has 0 bridgehead atoms. The van der Waals surface area contributed by atoms with Crippen LogP contribution >= 0.6 is 11.6 Å². The van der Waals surface area contributed by atoms with E-state index >= 15 is 0 Å². The van der Waals surface area contributed by atoms with Crippen molar-refractivity contribution in [3.63, 3.8) is 0 Å². The van der Waals surface area contributed by atoms with E-state index in [1.807, 2.05) is 0 Å². The first-order chi connectivity index (χ1) is 7.42. The molecule has 1 aromatic rings. The summed E-state index contributed by atoms with van der Waals surface area (Å²) in [5.41, 5.74) is 6.15. The molecule has 6 heteroatoms. The van der Waals surface area contributed by atoms with Crippen LogP contribution in [0, 0.1) is 11.8 Å². The highest BCUT2D eigenvalue weighted by molar-refractivity contribution is 7.92. The fourth-order valence-corrected chi connectivity index (χ4v) is 1.80. The van der Waals surface area contributed by atoms with E-state index in [-0.39, 0.29) is 6.54 Å². The zero-order valence-electron chi connectivity index (χ0n) is 8.62. The van der Waals surface area contributed by atoms with E-state index in [9.17, 15) is 8.42 Å². The molecule has 0 heterocycles. The molecular weight excluding hydrogens is 248 g/mol. The van der Waals surface area contributed by atoms with Crippen molar-refractivity contribution in [3.8, 4) is 11.8 Å². The summed E-state index contributed by atoms with van der Waals surface area (Å²) in [6.45, 7) is 0.199. The maximum absolute atomic E-state index is 11.1. The average Bonchev–Trinajstić information content (AvgIpc) is 2.16. The topological polar surface area (TPSA) is 72.2 Å². The molecular formula is C10H11ClN2O2S. The lowest BCUT2D eigenvalue weighted by Crippen LogP contribution is -2.10. The molecule has 0 radical (unpaired) electrons. The molecule has 0 saturated heterocycles. The van der Waals surface area contributed by atoms with Gasteiger partial charge in [0.05, 0.1) is 24.1 Å². The molecule has 0 aliphatic heterocycles. The molecule has 4 nitrogen and oxygen atoms in total. The van der Waals surface area contributed by atoms with Crippen molar-refractivity contribution in [1.29, 1.82) is 0 Å². The van der Waals surface area contributed by atoms with Crippen LogP contribution in [0.1, 0.15) is 5.56 Å². The summed E-state index contributed by atoms with van der Waals surface area (Å²) < 4.78 is 24.5. The van der Waals surface area contributed by atoms with E-state index in [0.717, 1.165) is 6.26 Å². The summed E-state index contributed by atoms with van der Waals surface area (Å²) in [5, 5.41) is 0.486. The lowest BCUT2D eigenvalue weighted by molar-refractivity contribution is 0.607. The maximum Gasteiger partial charge on any atom is 0.229 e. The van der Waals surface area contributed by atoms with Crippen LogP contribution < -0.4 is 10.5 Å². The fraction of sp³-hybridized carbons (Fsp3) is 0.200. The molecule has 0 aromatic heterocycles. The number of halogens is 1. The third-order valence-corrected chi connectivity index (χ3v) is 2.43. The summed E-state index contributed by atoms with van der Waals surface area (Å²) >= 11 is 5.79. The van der Waals surface area contributed by atoms with Gasteiger partial charge in [0.2, 0.25) is 10.0 Å². The molecule has 3 N–H and O–H groups in total. The van der Waals surface area contributed by atoms with E-state index in [2.05, 4.69) is 16.6 Å². The molecule has 0 fully saturated rings. The monoisotopic (exact) mass is 258 g/mol. The van der Waals surface area contributed by atoms with E-state index in [1.165, 1.54) is 0 Å². The van der Waals surface area contributed by atoms with Crippen molar-refractivity contribution in [3.05, 3.63) is 28.8 Å². The molecule has 0 aliphatic rings. The average molecular weight is 259 g/mol. The van der Waals surface area contributed by atoms with Crippen molar-refractivity contribution in [2.75, 3.05) is 17.5 Å². The first kappa shape index (κ1) is 12.8. The number of benzene rings is 1. The number of sulfonamides is 1. The molecule has 0 spiro atoms. The second kappa shape index (κ2) is 5.21. The highest BCUT2D eigenvalue weighted by Crippen LogP contribution is 2.20. The second-order valence-electron chi connectivity index (χ2n) is 3.07. The van der Waals surface area contributed by atoms with Gasteiger partial charge in [-0.25, -0.2) is 8.42 Å². The van der Waals surface area contributed by atoms with Crippen molar-refractivity contribution >= 4 is 27.3 Å². The van der Waals surface area contributed by atoms with Crippen LogP contribution in [0.25, 0.3) is 0 Å². The third kappa shape index (κ3) is 4.11. The van der Waals surface area contributed by atoms with Crippen LogP contribution in [0.2, 0.25) is 5.02 Å². The third-order valence-electron chi connectivity index (χ3n) is 1.60. The minimum Gasteiger partial charge on any atom is -0.320 e. The van der Waals surface area contributed by atoms with Crippen LogP contribution in [0.5, 0.6) is 0 Å². The number of rotatable bonds is 2. The number of hydrogen-bond donors (Lipinski definition) is 2. The zero-order valence-corrected chi connectivity index (χ0v) is 10.2. The first-order valence-electron chi connectivity index (χ1n) is 4.38. The number of nitrogens with one attached hydrogen (secondary N) is 1. The number of hydrogen-bond acceptors (Lipinski definition) is 3. The predicted octanol–water partition coefficient (Wildman–Crippen LogP) is 1.02. The Bertz CT molecular complexity index is 544. The van der Waals surface area contributed by atoms with Gasteiger partial charge in [-0.1, -0.05) is 23.4 Å². The Morgan fingerprint density at radius 1 is 1.50 bits per heavy atom. The van der Waals surface area contributed by atoms with Crippen LogP contribution in [0.3, 0.4) is 0 Å². The molecule has 0 unspecified atom stereocenters. The van der Waals surface area contributed by atoms with Crippen molar-refractivity contribution < 1.29 is 8.42 Å². The minimum atomic E-state index is -3.33. The maximum atomic E-state index is 11.1. The van der Waals surface area contributed by atoms with Gasteiger partial charge >= 0.3 is 0 Å². The van der Waals surface area contributed by atoms with E-state index in [0.29, 0.717) is 16.3 Å². The zero-order chi connectivity index (χ0) is 12.2. The molecule has 1 rings (SSSR count). The van der Waals surface area contributed by atoms with Crippen molar-refractivity contribution in [2.45, 2.75) is 0 Å². The van der Waals surface area contributed by atoms with Crippen LogP contribution in [0.15, 0.2) is 18.2 Å². The Labute approximate surface area is 99.8 Å². The Hall–Kier alpha value is -1.22. The van der Waals surface area contributed by atoms with Crippen LogP contribution in [-0.2, 0) is 10.0 Å². The van der Waals surface area contributed by atoms with E-state index in [1.54, 1.807) is 18.2 Å². The van der Waals surface area contributed by atoms with Gasteiger partial charge in [-0.2, -0.15) is 0 Å². The lowest BCUT2D eigenvalue weighted by Gasteiger charge is -2.06. The van der Waals surface area contributed by atoms with Gasteiger partial charge in [-0.05, 0) is 18.2 Å². The Morgan fingerprint density at radius 3 is 2.75 bits per heavy atom. The SMILES string of the molecule is CS(=O)(=O)Nc1ccc(Cl)cc1C#CCN. The molecule has 0 aliphatic carbocycles. The second-order valence-corrected chi connectivity index (χ2v) is 5.25. The Kier molecular flexibility index (Phi) is 4.19. The van der Waals surface area contributed by atoms with Crippen molar-refractivity contribution in [1.82, 2.24) is 0 Å². The largest absolute Gasteiger partial charge is 0.320 e. The van der Waals surface area contributed by atoms with Gasteiger partial charge in [0.25, 0.3) is 0 Å². The first-order valence-corrected chi connectivity index (χ1v) is 6.65.